The number of hydrazone groups is 1. The monoisotopic (exact) mass is 692 g/mol. The fraction of sp³-hybridized carbons (Fsp3) is 0.256. The van der Waals surface area contributed by atoms with E-state index in [2.05, 4.69) is 58.6 Å². The summed E-state index contributed by atoms with van der Waals surface area (Å²) in [6, 6.07) is 34.8. The second-order valence-electron chi connectivity index (χ2n) is 12.2. The van der Waals surface area contributed by atoms with E-state index in [0.717, 1.165) is 59.9 Å². The third-order valence-corrected chi connectivity index (χ3v) is 10.2. The van der Waals surface area contributed by atoms with Gasteiger partial charge >= 0.3 is 0 Å². The molecule has 2 N–H and O–H groups in total. The van der Waals surface area contributed by atoms with Crippen LogP contribution in [-0.4, -0.2) is 41.3 Å². The first-order chi connectivity index (χ1) is 23.6. The van der Waals surface area contributed by atoms with Crippen molar-refractivity contribution in [2.24, 2.45) is 10.1 Å². The van der Waals surface area contributed by atoms with Crippen molar-refractivity contribution in [3.05, 3.63) is 136 Å². The number of para-hydroxylation sites is 1. The minimum absolute atomic E-state index is 0.0882. The van der Waals surface area contributed by atoms with Crippen LogP contribution in [0.15, 0.2) is 118 Å². The van der Waals surface area contributed by atoms with Gasteiger partial charge in [-0.25, -0.2) is 5.01 Å². The molecule has 1 aromatic heterocycles. The number of rotatable bonds is 10. The second-order valence-corrected chi connectivity index (χ2v) is 13.9. The number of halogens is 2. The molecule has 0 unspecified atom stereocenters. The lowest BCUT2D eigenvalue weighted by Gasteiger charge is -2.21. The van der Waals surface area contributed by atoms with Gasteiger partial charge in [0.2, 0.25) is 5.96 Å². The molecule has 1 aliphatic heterocycles. The Bertz CT molecular complexity index is 1910. The van der Waals surface area contributed by atoms with Gasteiger partial charge in [0, 0.05) is 50.7 Å². The van der Waals surface area contributed by atoms with E-state index in [1.165, 1.54) is 52.7 Å². The van der Waals surface area contributed by atoms with E-state index in [1.54, 1.807) is 0 Å². The number of guanidine groups is 1. The van der Waals surface area contributed by atoms with Gasteiger partial charge < -0.3 is 5.32 Å². The Hall–Kier alpha value is -4.04. The lowest BCUT2D eigenvalue weighted by Crippen LogP contribution is -2.34. The number of hydrogen-bond acceptors (Lipinski definition) is 5. The summed E-state index contributed by atoms with van der Waals surface area (Å²) in [6.45, 7) is 2.24. The summed E-state index contributed by atoms with van der Waals surface area (Å²) in [7, 11) is 0. The van der Waals surface area contributed by atoms with Crippen LogP contribution < -0.4 is 10.0 Å². The Morgan fingerprint density at radius 3 is 2.38 bits per heavy atom. The molecule has 1 atom stereocenters. The third-order valence-electron chi connectivity index (χ3n) is 8.89. The highest BCUT2D eigenvalue weighted by Crippen LogP contribution is 2.34. The minimum Gasteiger partial charge on any atom is -0.384 e. The fourth-order valence-corrected chi connectivity index (χ4v) is 7.35. The van der Waals surface area contributed by atoms with Crippen molar-refractivity contribution < 1.29 is 0 Å². The van der Waals surface area contributed by atoms with Crippen molar-refractivity contribution in [1.29, 1.82) is 0 Å². The molecule has 0 fully saturated rings. The number of fused-ring (bicyclic) bond motifs is 2. The maximum absolute atomic E-state index is 6.25. The number of pyridine rings is 1. The number of nitrogens with zero attached hydrogens (tertiary/aromatic N) is 4. The number of aryl methyl sites for hydroxylation is 1. The highest BCUT2D eigenvalue weighted by atomic mass is 35.5. The van der Waals surface area contributed by atoms with E-state index < -0.39 is 0 Å². The average molecular weight is 694 g/mol. The average Bonchev–Trinajstić information content (AvgIpc) is 3.57. The Balaban J connectivity index is 1.08. The van der Waals surface area contributed by atoms with Crippen LogP contribution in [-0.2, 0) is 12.8 Å². The zero-order valence-corrected chi connectivity index (χ0v) is 29.0. The molecule has 0 radical (unpaired) electrons. The van der Waals surface area contributed by atoms with E-state index in [0.29, 0.717) is 23.1 Å². The van der Waals surface area contributed by atoms with Crippen molar-refractivity contribution in [3.63, 3.8) is 0 Å². The van der Waals surface area contributed by atoms with Crippen LogP contribution in [0.3, 0.4) is 0 Å². The summed E-state index contributed by atoms with van der Waals surface area (Å²) in [6.07, 6.45) is 6.55. The largest absolute Gasteiger partial charge is 0.384 e. The molecule has 2 aliphatic rings. The number of aromatic nitrogens is 1. The molecule has 5 aromatic rings. The van der Waals surface area contributed by atoms with Crippen LogP contribution in [0.25, 0.3) is 10.9 Å². The molecular weight excluding hydrogens is 655 g/mol. The molecule has 0 bridgehead atoms. The zero-order valence-electron chi connectivity index (χ0n) is 26.7. The second kappa shape index (κ2) is 15.5. The third kappa shape index (κ3) is 7.64. The number of hydrogen-bond donors (Lipinski definition) is 2. The van der Waals surface area contributed by atoms with E-state index in [-0.39, 0.29) is 5.92 Å². The van der Waals surface area contributed by atoms with Crippen LogP contribution in [0.1, 0.15) is 54.0 Å². The SMILES string of the molecule is Clc1ccc(SNC(=NCCCCNc2c3c(nc4ccccc24)CCCC3)N2C[C@H](c3ccccc3)C(c3ccc(Cl)cc3)=N2)cc1. The lowest BCUT2D eigenvalue weighted by atomic mass is 9.91. The summed E-state index contributed by atoms with van der Waals surface area (Å²) in [5, 5.41) is 13.6. The number of anilines is 1. The maximum Gasteiger partial charge on any atom is 0.225 e. The van der Waals surface area contributed by atoms with Gasteiger partial charge in [-0.1, -0.05) is 83.9 Å². The Kier molecular flexibility index (Phi) is 10.5. The molecule has 48 heavy (non-hydrogen) atoms. The normalized spacial score (nSPS) is 16.1. The molecule has 4 aromatic carbocycles. The predicted octanol–water partition coefficient (Wildman–Crippen LogP) is 9.77. The van der Waals surface area contributed by atoms with E-state index >= 15 is 0 Å². The predicted molar refractivity (Wildman–Crippen MR) is 203 cm³/mol. The first-order valence-electron chi connectivity index (χ1n) is 16.7. The van der Waals surface area contributed by atoms with Gasteiger partial charge in [-0.3, -0.25) is 14.7 Å². The molecule has 0 spiro atoms. The van der Waals surface area contributed by atoms with Gasteiger partial charge in [0.25, 0.3) is 0 Å². The van der Waals surface area contributed by atoms with Gasteiger partial charge in [0.1, 0.15) is 0 Å². The fourth-order valence-electron chi connectivity index (χ4n) is 6.45. The first-order valence-corrected chi connectivity index (χ1v) is 18.2. The summed E-state index contributed by atoms with van der Waals surface area (Å²) in [5.41, 5.74) is 8.29. The number of aliphatic imine (C=N–C) groups is 1. The van der Waals surface area contributed by atoms with Crippen molar-refractivity contribution in [2.45, 2.75) is 49.3 Å². The number of nitrogens with one attached hydrogen (secondary N) is 2. The van der Waals surface area contributed by atoms with Gasteiger partial charge in [-0.15, -0.1) is 0 Å². The molecule has 6 nitrogen and oxygen atoms in total. The molecule has 2 heterocycles. The van der Waals surface area contributed by atoms with Gasteiger partial charge in [-0.05, 0) is 110 Å². The lowest BCUT2D eigenvalue weighted by molar-refractivity contribution is 0.463. The van der Waals surface area contributed by atoms with Gasteiger partial charge in [-0.2, -0.15) is 5.10 Å². The van der Waals surface area contributed by atoms with E-state index in [1.807, 2.05) is 59.6 Å². The maximum atomic E-state index is 6.25. The van der Waals surface area contributed by atoms with E-state index in [4.69, 9.17) is 38.3 Å². The summed E-state index contributed by atoms with van der Waals surface area (Å²) >= 11 is 13.9. The minimum atomic E-state index is 0.0882. The van der Waals surface area contributed by atoms with Crippen molar-refractivity contribution >= 4 is 63.4 Å². The molecule has 0 saturated carbocycles. The summed E-state index contributed by atoms with van der Waals surface area (Å²) in [5.74, 6) is 0.826. The van der Waals surface area contributed by atoms with Gasteiger partial charge in [0.15, 0.2) is 0 Å². The number of benzene rings is 4. The summed E-state index contributed by atoms with van der Waals surface area (Å²) < 4.78 is 3.52. The molecule has 0 amide bonds. The Labute approximate surface area is 296 Å². The highest BCUT2D eigenvalue weighted by molar-refractivity contribution is 7.98. The smallest absolute Gasteiger partial charge is 0.225 e. The molecule has 7 rings (SSSR count). The van der Waals surface area contributed by atoms with Crippen LogP contribution >= 0.6 is 35.1 Å². The Morgan fingerprint density at radius 2 is 1.56 bits per heavy atom. The van der Waals surface area contributed by atoms with Gasteiger partial charge in [0.05, 0.1) is 17.8 Å². The number of unbranched alkanes of at least 4 members (excludes halogenated alkanes) is 1. The van der Waals surface area contributed by atoms with Crippen molar-refractivity contribution in [1.82, 2.24) is 14.7 Å². The van der Waals surface area contributed by atoms with Crippen molar-refractivity contribution in [3.8, 4) is 0 Å². The summed E-state index contributed by atoms with van der Waals surface area (Å²) in [4.78, 5) is 11.1. The quantitative estimate of drug-likeness (QED) is 0.0660. The van der Waals surface area contributed by atoms with Crippen LogP contribution in [0.5, 0.6) is 0 Å². The topological polar surface area (TPSA) is 64.9 Å². The molecular formula is C39H38Cl2N6S. The van der Waals surface area contributed by atoms with E-state index in [9.17, 15) is 0 Å². The standard InChI is InChI=1S/C39H38Cl2N6S/c40-29-18-16-28(17-19-29)37-34(27-10-2-1-3-11-27)26-47(45-37)39(46-48-31-22-20-30(41)21-23-31)43-25-9-8-24-42-38-32-12-4-6-14-35(32)44-36-15-7-5-13-33(36)38/h1-4,6,10-12,14,16-23,34H,5,7-9,13,15,24-26H2,(H,42,44)(H,43,46)/t34-/m1/s1. The van der Waals surface area contributed by atoms with Crippen LogP contribution in [0, 0.1) is 0 Å². The molecule has 1 aliphatic carbocycles. The van der Waals surface area contributed by atoms with Crippen molar-refractivity contribution in [2.75, 3.05) is 25.0 Å². The molecule has 0 saturated heterocycles. The first kappa shape index (κ1) is 32.5. The molecule has 244 valence electrons. The molecule has 9 heteroatoms. The van der Waals surface area contributed by atoms with Crippen LogP contribution in [0.4, 0.5) is 5.69 Å². The highest BCUT2D eigenvalue weighted by Gasteiger charge is 2.31. The van der Waals surface area contributed by atoms with Crippen LogP contribution in [0.2, 0.25) is 10.0 Å². The zero-order chi connectivity index (χ0) is 32.7. The Morgan fingerprint density at radius 1 is 0.833 bits per heavy atom.